The molecule has 0 N–H and O–H groups in total. The maximum atomic E-state index is 12.2. The molecular weight excluding hydrogens is 261 g/mol. The van der Waals surface area contributed by atoms with Gasteiger partial charge in [0, 0.05) is 0 Å². The van der Waals surface area contributed by atoms with E-state index in [4.69, 9.17) is 0 Å². The van der Waals surface area contributed by atoms with Crippen LogP contribution in [0.4, 0.5) is 13.2 Å². The van der Waals surface area contributed by atoms with Crippen LogP contribution in [0.5, 0.6) is 6.01 Å². The average Bonchev–Trinajstić information content (AvgIpc) is 2.57. The first kappa shape index (κ1) is 13.8. The molecule has 0 saturated heterocycles. The predicted octanol–water partition coefficient (Wildman–Crippen LogP) is 1.04. The Balaban J connectivity index is 3.15. The minimum Gasteiger partial charge on any atom is -0.302 e. The summed E-state index contributed by atoms with van der Waals surface area (Å²) in [6, 6.07) is -0.354. The Kier molecular flexibility index (Phi) is 3.70. The molecule has 1 aromatic heterocycles. The normalized spacial score (nSPS) is 12.8. The summed E-state index contributed by atoms with van der Waals surface area (Å²) in [6.07, 6.45) is 2.90. The largest absolute Gasteiger partial charge is 0.534 e. The second kappa shape index (κ2) is 4.55. The van der Waals surface area contributed by atoms with Gasteiger partial charge in [-0.2, -0.15) is 30.7 Å². The Bertz CT molecular complexity index is 471. The van der Waals surface area contributed by atoms with Gasteiger partial charge in [-0.15, -0.1) is 0 Å². The number of imidazole rings is 1. The quantitative estimate of drug-likeness (QED) is 0.468. The molecule has 0 spiro atoms. The molecular formula is C8H12F3N2O3S+. The minimum absolute atomic E-state index is 0.301. The van der Waals surface area contributed by atoms with E-state index in [2.05, 4.69) is 4.18 Å². The molecule has 1 heterocycles. The van der Waals surface area contributed by atoms with Crippen LogP contribution in [-0.4, -0.2) is 18.5 Å². The van der Waals surface area contributed by atoms with E-state index in [0.717, 1.165) is 0 Å². The highest BCUT2D eigenvalue weighted by Gasteiger charge is 2.50. The third-order valence-electron chi connectivity index (χ3n) is 2.07. The molecule has 0 radical (unpaired) electrons. The number of aromatic nitrogens is 2. The molecule has 0 atom stereocenters. The number of rotatable bonds is 4. The lowest BCUT2D eigenvalue weighted by Crippen LogP contribution is -2.37. The van der Waals surface area contributed by atoms with Crippen molar-refractivity contribution in [2.45, 2.75) is 32.4 Å². The molecule has 0 amide bonds. The molecule has 0 bridgehead atoms. The standard InChI is InChI=1S/C8H12F3N2O3S/c1-3-12-5-6-13(4-2)7(12)16-17(14,15)8(9,10)11/h5-6H,3-4H2,1-2H3/q+1. The van der Waals surface area contributed by atoms with Gasteiger partial charge in [-0.05, 0) is 13.8 Å². The molecule has 0 aliphatic heterocycles. The van der Waals surface area contributed by atoms with Gasteiger partial charge in [-0.3, -0.25) is 0 Å². The number of nitrogens with zero attached hydrogens (tertiary/aromatic N) is 2. The van der Waals surface area contributed by atoms with Crippen molar-refractivity contribution in [2.24, 2.45) is 0 Å². The summed E-state index contributed by atoms with van der Waals surface area (Å²) in [5, 5.41) is 0. The lowest BCUT2D eigenvalue weighted by Gasteiger charge is -2.07. The number of hydrogen-bond acceptors (Lipinski definition) is 3. The van der Waals surface area contributed by atoms with Crippen LogP contribution < -0.4 is 8.75 Å². The van der Waals surface area contributed by atoms with Crippen molar-refractivity contribution >= 4 is 10.1 Å². The summed E-state index contributed by atoms with van der Waals surface area (Å²) in [4.78, 5) is 0. The van der Waals surface area contributed by atoms with Gasteiger partial charge in [0.15, 0.2) is 0 Å². The molecule has 1 aromatic rings. The lowest BCUT2D eigenvalue weighted by atomic mass is 10.7. The predicted molar refractivity (Wildman–Crippen MR) is 51.6 cm³/mol. The van der Waals surface area contributed by atoms with Gasteiger partial charge in [0.05, 0.1) is 13.1 Å². The van der Waals surface area contributed by atoms with Gasteiger partial charge in [0.2, 0.25) is 0 Å². The van der Waals surface area contributed by atoms with E-state index >= 15 is 0 Å². The van der Waals surface area contributed by atoms with Crippen LogP contribution in [0.1, 0.15) is 13.8 Å². The molecule has 0 aliphatic carbocycles. The minimum atomic E-state index is -5.63. The smallest absolute Gasteiger partial charge is 0.302 e. The fourth-order valence-corrected chi connectivity index (χ4v) is 1.66. The topological polar surface area (TPSA) is 52.2 Å². The van der Waals surface area contributed by atoms with Gasteiger partial charge in [-0.25, -0.2) is 0 Å². The van der Waals surface area contributed by atoms with Gasteiger partial charge in [-0.1, -0.05) is 0 Å². The van der Waals surface area contributed by atoms with E-state index in [0.29, 0.717) is 13.1 Å². The van der Waals surface area contributed by atoms with Crippen LogP contribution in [0.25, 0.3) is 0 Å². The molecule has 1 rings (SSSR count). The monoisotopic (exact) mass is 273 g/mol. The molecule has 0 fully saturated rings. The molecule has 9 heteroatoms. The SMILES string of the molecule is CCn1cc[n+](CC)c1OS(=O)(=O)C(F)(F)F. The van der Waals surface area contributed by atoms with Crippen LogP contribution >= 0.6 is 0 Å². The highest BCUT2D eigenvalue weighted by atomic mass is 32.2. The van der Waals surface area contributed by atoms with E-state index in [1.54, 1.807) is 13.8 Å². The van der Waals surface area contributed by atoms with Crippen LogP contribution in [-0.2, 0) is 23.2 Å². The fourth-order valence-electron chi connectivity index (χ4n) is 1.18. The Labute approximate surface area is 96.5 Å². The second-order valence-corrected chi connectivity index (χ2v) is 4.67. The zero-order chi connectivity index (χ0) is 13.3. The first-order chi connectivity index (χ1) is 7.73. The average molecular weight is 273 g/mol. The summed E-state index contributed by atoms with van der Waals surface area (Å²) >= 11 is 0. The zero-order valence-corrected chi connectivity index (χ0v) is 10.0. The number of aryl methyl sites for hydroxylation is 2. The first-order valence-corrected chi connectivity index (χ1v) is 6.23. The fraction of sp³-hybridized carbons (Fsp3) is 0.625. The highest BCUT2D eigenvalue weighted by molar-refractivity contribution is 7.87. The van der Waals surface area contributed by atoms with Crippen LogP contribution in [0.2, 0.25) is 0 Å². The van der Waals surface area contributed by atoms with Crippen LogP contribution in [0.15, 0.2) is 12.4 Å². The zero-order valence-electron chi connectivity index (χ0n) is 9.23. The van der Waals surface area contributed by atoms with Crippen molar-refractivity contribution in [1.29, 1.82) is 0 Å². The maximum absolute atomic E-state index is 12.2. The van der Waals surface area contributed by atoms with Crippen molar-refractivity contribution in [2.75, 3.05) is 0 Å². The van der Waals surface area contributed by atoms with Crippen molar-refractivity contribution in [3.8, 4) is 6.01 Å². The molecule has 5 nitrogen and oxygen atoms in total. The van der Waals surface area contributed by atoms with E-state index in [1.165, 1.54) is 21.5 Å². The van der Waals surface area contributed by atoms with Gasteiger partial charge in [0.25, 0.3) is 0 Å². The van der Waals surface area contributed by atoms with Crippen molar-refractivity contribution in [1.82, 2.24) is 4.57 Å². The van der Waals surface area contributed by atoms with Crippen molar-refractivity contribution in [3.05, 3.63) is 12.4 Å². The van der Waals surface area contributed by atoms with Crippen molar-refractivity contribution in [3.63, 3.8) is 0 Å². The maximum Gasteiger partial charge on any atom is 0.534 e. The van der Waals surface area contributed by atoms with Crippen LogP contribution in [0, 0.1) is 0 Å². The first-order valence-electron chi connectivity index (χ1n) is 4.82. The van der Waals surface area contributed by atoms with Gasteiger partial charge < -0.3 is 4.18 Å². The summed E-state index contributed by atoms with van der Waals surface area (Å²) in [5.74, 6) is 0. The second-order valence-electron chi connectivity index (χ2n) is 3.14. The molecule has 0 saturated carbocycles. The molecule has 0 aromatic carbocycles. The third kappa shape index (κ3) is 2.71. The molecule has 0 unspecified atom stereocenters. The Morgan fingerprint density at radius 2 is 2.00 bits per heavy atom. The Morgan fingerprint density at radius 1 is 1.41 bits per heavy atom. The number of alkyl halides is 3. The summed E-state index contributed by atoms with van der Waals surface area (Å²) < 4.78 is 64.9. The van der Waals surface area contributed by atoms with E-state index in [-0.39, 0.29) is 6.01 Å². The van der Waals surface area contributed by atoms with Crippen LogP contribution in [0.3, 0.4) is 0 Å². The Morgan fingerprint density at radius 3 is 2.41 bits per heavy atom. The summed E-state index contributed by atoms with van der Waals surface area (Å²) in [5.41, 5.74) is -5.43. The lowest BCUT2D eigenvalue weighted by molar-refractivity contribution is -0.695. The third-order valence-corrected chi connectivity index (χ3v) is 3.00. The van der Waals surface area contributed by atoms with Gasteiger partial charge in [0.1, 0.15) is 12.4 Å². The number of hydrogen-bond donors (Lipinski definition) is 0. The Hall–Kier alpha value is -1.25. The summed E-state index contributed by atoms with van der Waals surface area (Å²) in [7, 11) is -5.63. The van der Waals surface area contributed by atoms with E-state index in [9.17, 15) is 21.6 Å². The van der Waals surface area contributed by atoms with Gasteiger partial charge >= 0.3 is 21.6 Å². The molecule has 17 heavy (non-hydrogen) atoms. The number of halogens is 3. The van der Waals surface area contributed by atoms with E-state index in [1.807, 2.05) is 0 Å². The summed E-state index contributed by atoms with van der Waals surface area (Å²) in [6.45, 7) is 3.92. The molecule has 98 valence electrons. The van der Waals surface area contributed by atoms with Crippen molar-refractivity contribution < 1.29 is 30.3 Å². The highest BCUT2D eigenvalue weighted by Crippen LogP contribution is 2.25. The van der Waals surface area contributed by atoms with E-state index < -0.39 is 15.6 Å². The molecule has 0 aliphatic rings.